The largest absolute Gasteiger partial charge is 0.496 e. The van der Waals surface area contributed by atoms with Gasteiger partial charge in [-0.1, -0.05) is 12.1 Å². The second-order valence-electron chi connectivity index (χ2n) is 4.67. The van der Waals surface area contributed by atoms with Gasteiger partial charge in [0.2, 0.25) is 0 Å². The molecule has 4 heteroatoms. The summed E-state index contributed by atoms with van der Waals surface area (Å²) in [4.78, 5) is 0. The van der Waals surface area contributed by atoms with Gasteiger partial charge in [0.25, 0.3) is 0 Å². The molecule has 0 amide bonds. The first-order chi connectivity index (χ1) is 9.76. The Morgan fingerprint density at radius 2 is 1.15 bits per heavy atom. The van der Waals surface area contributed by atoms with E-state index in [4.69, 9.17) is 20.9 Å². The smallest absolute Gasteiger partial charge is 0.122 e. The summed E-state index contributed by atoms with van der Waals surface area (Å²) in [6, 6.07) is 8.13. The van der Waals surface area contributed by atoms with E-state index in [1.807, 2.05) is 12.1 Å². The second-order valence-corrected chi connectivity index (χ2v) is 4.67. The molecule has 0 aliphatic carbocycles. The lowest BCUT2D eigenvalue weighted by molar-refractivity contribution is 0.409. The van der Waals surface area contributed by atoms with E-state index in [2.05, 4.69) is 12.1 Å². The monoisotopic (exact) mass is 274 g/mol. The first kappa shape index (κ1) is 14.6. The van der Waals surface area contributed by atoms with Crippen molar-refractivity contribution in [1.82, 2.24) is 0 Å². The fraction of sp³-hybridized carbons (Fsp3) is 0.375. The molecule has 108 valence electrons. The Bertz CT molecular complexity index is 543. The number of nitrogens with two attached hydrogens (primary N) is 2. The minimum Gasteiger partial charge on any atom is -0.496 e. The van der Waals surface area contributed by atoms with Gasteiger partial charge in [-0.15, -0.1) is 0 Å². The quantitative estimate of drug-likeness (QED) is 0.843. The minimum atomic E-state index is 0.591. The van der Waals surface area contributed by atoms with Crippen LogP contribution in [0.4, 0.5) is 0 Å². The zero-order chi connectivity index (χ0) is 14.5. The number of rotatable bonds is 6. The van der Waals surface area contributed by atoms with E-state index in [1.54, 1.807) is 14.2 Å². The fourth-order valence-corrected chi connectivity index (χ4v) is 2.68. The summed E-state index contributed by atoms with van der Waals surface area (Å²) < 4.78 is 10.9. The molecule has 0 unspecified atom stereocenters. The van der Waals surface area contributed by atoms with Gasteiger partial charge in [-0.05, 0) is 48.8 Å². The molecule has 20 heavy (non-hydrogen) atoms. The first-order valence-corrected chi connectivity index (χ1v) is 6.82. The molecule has 0 radical (unpaired) electrons. The molecule has 0 aliphatic heterocycles. The topological polar surface area (TPSA) is 70.5 Å². The number of benzene rings is 2. The molecule has 0 atom stereocenters. The van der Waals surface area contributed by atoms with Crippen molar-refractivity contribution in [3.8, 4) is 11.5 Å². The van der Waals surface area contributed by atoms with E-state index >= 15 is 0 Å². The van der Waals surface area contributed by atoms with Gasteiger partial charge in [0, 0.05) is 11.1 Å². The predicted molar refractivity (Wildman–Crippen MR) is 82.6 cm³/mol. The first-order valence-electron chi connectivity index (χ1n) is 6.82. The molecule has 0 aromatic heterocycles. The van der Waals surface area contributed by atoms with Crippen molar-refractivity contribution in [3.05, 3.63) is 35.4 Å². The van der Waals surface area contributed by atoms with Gasteiger partial charge in [0.05, 0.1) is 14.2 Å². The van der Waals surface area contributed by atoms with Crippen molar-refractivity contribution in [2.45, 2.75) is 12.8 Å². The lowest BCUT2D eigenvalue weighted by atomic mass is 9.95. The zero-order valence-corrected chi connectivity index (χ0v) is 12.1. The van der Waals surface area contributed by atoms with Crippen LogP contribution < -0.4 is 20.9 Å². The fourth-order valence-electron chi connectivity index (χ4n) is 2.68. The van der Waals surface area contributed by atoms with Crippen molar-refractivity contribution in [2.24, 2.45) is 11.5 Å². The minimum absolute atomic E-state index is 0.591. The van der Waals surface area contributed by atoms with E-state index in [-0.39, 0.29) is 0 Å². The van der Waals surface area contributed by atoms with Crippen LogP contribution in [0.1, 0.15) is 11.1 Å². The normalized spacial score (nSPS) is 10.8. The van der Waals surface area contributed by atoms with Crippen molar-refractivity contribution in [3.63, 3.8) is 0 Å². The Kier molecular flexibility index (Phi) is 4.82. The van der Waals surface area contributed by atoms with Crippen LogP contribution in [0.5, 0.6) is 11.5 Å². The highest BCUT2D eigenvalue weighted by Gasteiger charge is 2.13. The summed E-state index contributed by atoms with van der Waals surface area (Å²) in [5, 5.41) is 2.33. The molecule has 0 heterocycles. The van der Waals surface area contributed by atoms with Crippen molar-refractivity contribution >= 4 is 10.8 Å². The summed E-state index contributed by atoms with van der Waals surface area (Å²) in [7, 11) is 3.37. The highest BCUT2D eigenvalue weighted by Crippen LogP contribution is 2.34. The number of hydrogen-bond acceptors (Lipinski definition) is 4. The van der Waals surface area contributed by atoms with Gasteiger partial charge < -0.3 is 20.9 Å². The molecule has 2 rings (SSSR count). The van der Waals surface area contributed by atoms with Crippen LogP contribution in [0.25, 0.3) is 10.8 Å². The van der Waals surface area contributed by atoms with E-state index in [0.29, 0.717) is 13.1 Å². The molecule has 0 spiro atoms. The van der Waals surface area contributed by atoms with Crippen LogP contribution in [0, 0.1) is 0 Å². The summed E-state index contributed by atoms with van der Waals surface area (Å²) in [5.41, 5.74) is 13.7. The molecule has 0 bridgehead atoms. The van der Waals surface area contributed by atoms with Crippen molar-refractivity contribution < 1.29 is 9.47 Å². The summed E-state index contributed by atoms with van der Waals surface area (Å²) in [5.74, 6) is 1.76. The summed E-state index contributed by atoms with van der Waals surface area (Å²) in [6.45, 7) is 1.18. The average Bonchev–Trinajstić information content (AvgIpc) is 2.48. The van der Waals surface area contributed by atoms with Crippen LogP contribution in [0.15, 0.2) is 24.3 Å². The lowest BCUT2D eigenvalue weighted by Gasteiger charge is -2.16. The Hall–Kier alpha value is -1.78. The Balaban J connectivity index is 2.72. The van der Waals surface area contributed by atoms with Crippen LogP contribution in [-0.2, 0) is 12.8 Å². The Morgan fingerprint density at radius 1 is 0.750 bits per heavy atom. The molecular weight excluding hydrogens is 252 g/mol. The molecule has 0 aliphatic rings. The van der Waals surface area contributed by atoms with Gasteiger partial charge in [-0.3, -0.25) is 0 Å². The Labute approximate surface area is 119 Å². The Morgan fingerprint density at radius 3 is 1.45 bits per heavy atom. The third-order valence-electron chi connectivity index (χ3n) is 3.57. The molecule has 2 aromatic carbocycles. The highest BCUT2D eigenvalue weighted by molar-refractivity contribution is 5.92. The maximum Gasteiger partial charge on any atom is 0.122 e. The molecule has 4 N–H and O–H groups in total. The van der Waals surface area contributed by atoms with Gasteiger partial charge in [0.15, 0.2) is 0 Å². The van der Waals surface area contributed by atoms with E-state index in [0.717, 1.165) is 35.5 Å². The third-order valence-corrected chi connectivity index (χ3v) is 3.57. The summed E-state index contributed by atoms with van der Waals surface area (Å²) in [6.07, 6.45) is 1.57. The van der Waals surface area contributed by atoms with Gasteiger partial charge in [0.1, 0.15) is 11.5 Å². The van der Waals surface area contributed by atoms with Gasteiger partial charge in [-0.25, -0.2) is 0 Å². The van der Waals surface area contributed by atoms with Crippen LogP contribution >= 0.6 is 0 Å². The van der Waals surface area contributed by atoms with Crippen molar-refractivity contribution in [1.29, 1.82) is 0 Å². The molecule has 0 saturated carbocycles. The molecule has 2 aromatic rings. The summed E-state index contributed by atoms with van der Waals surface area (Å²) >= 11 is 0. The number of methoxy groups -OCH3 is 2. The standard InChI is InChI=1S/C16H22N2O2/c1-19-15-5-3-12-11(13(15)7-9-17)4-6-16(20-2)14(12)8-10-18/h3-6H,7-10,17-18H2,1-2H3. The zero-order valence-electron chi connectivity index (χ0n) is 12.1. The van der Waals surface area contributed by atoms with Crippen LogP contribution in [0.2, 0.25) is 0 Å². The van der Waals surface area contributed by atoms with E-state index in [1.165, 1.54) is 10.8 Å². The van der Waals surface area contributed by atoms with E-state index in [9.17, 15) is 0 Å². The number of fused-ring (bicyclic) bond motifs is 1. The molecule has 0 fully saturated rings. The predicted octanol–water partition coefficient (Wildman–Crippen LogP) is 1.86. The van der Waals surface area contributed by atoms with Gasteiger partial charge >= 0.3 is 0 Å². The third kappa shape index (κ3) is 2.57. The van der Waals surface area contributed by atoms with E-state index < -0.39 is 0 Å². The van der Waals surface area contributed by atoms with Crippen LogP contribution in [0.3, 0.4) is 0 Å². The number of ether oxygens (including phenoxy) is 2. The highest BCUT2D eigenvalue weighted by atomic mass is 16.5. The molecule has 0 saturated heterocycles. The lowest BCUT2D eigenvalue weighted by Crippen LogP contribution is -2.07. The average molecular weight is 274 g/mol. The maximum absolute atomic E-state index is 5.73. The number of hydrogen-bond donors (Lipinski definition) is 2. The van der Waals surface area contributed by atoms with Gasteiger partial charge in [-0.2, -0.15) is 0 Å². The van der Waals surface area contributed by atoms with Crippen molar-refractivity contribution in [2.75, 3.05) is 27.3 Å². The SMILES string of the molecule is COc1ccc2c(CCN)c(OC)ccc2c1CCN. The molecular formula is C16H22N2O2. The second kappa shape index (κ2) is 6.59. The maximum atomic E-state index is 5.73. The molecule has 4 nitrogen and oxygen atoms in total. The van der Waals surface area contributed by atoms with Crippen LogP contribution in [-0.4, -0.2) is 27.3 Å².